The monoisotopic (exact) mass is 405 g/mol. The molecule has 0 aromatic carbocycles. The van der Waals surface area contributed by atoms with Gasteiger partial charge in [0.2, 0.25) is 0 Å². The fraction of sp³-hybridized carbons (Fsp3) is 0.750. The van der Waals surface area contributed by atoms with Gasteiger partial charge in [-0.05, 0) is 25.3 Å². The highest BCUT2D eigenvalue weighted by molar-refractivity contribution is 7.47. The second-order valence-corrected chi connectivity index (χ2v) is 9.31. The van der Waals surface area contributed by atoms with E-state index in [1.807, 2.05) is 20.8 Å². The van der Waals surface area contributed by atoms with E-state index in [0.717, 1.165) is 4.57 Å². The zero-order valence-electron chi connectivity index (χ0n) is 16.1. The van der Waals surface area contributed by atoms with Crippen molar-refractivity contribution in [3.05, 3.63) is 22.7 Å². The summed E-state index contributed by atoms with van der Waals surface area (Å²) in [6, 6.07) is 1.42. The van der Waals surface area contributed by atoms with Crippen molar-refractivity contribution >= 4 is 13.6 Å². The Bertz CT molecular complexity index is 761. The molecule has 10 nitrogen and oxygen atoms in total. The number of nitrogens with two attached hydrogens (primary N) is 1. The second kappa shape index (κ2) is 7.98. The summed E-state index contributed by atoms with van der Waals surface area (Å²) in [5.74, 6) is -0.422. The van der Waals surface area contributed by atoms with Gasteiger partial charge >= 0.3 is 13.5 Å². The van der Waals surface area contributed by atoms with Crippen molar-refractivity contribution in [3.8, 4) is 0 Å². The molecular weight excluding hydrogens is 377 g/mol. The first-order valence-electron chi connectivity index (χ1n) is 8.66. The van der Waals surface area contributed by atoms with E-state index in [4.69, 9.17) is 19.5 Å². The first-order chi connectivity index (χ1) is 12.3. The number of aliphatic hydroxyl groups excluding tert-OH is 1. The third-order valence-corrected chi connectivity index (χ3v) is 5.41. The molecule has 2 rings (SSSR count). The van der Waals surface area contributed by atoms with E-state index in [1.54, 1.807) is 13.8 Å². The summed E-state index contributed by atoms with van der Waals surface area (Å²) in [5.41, 5.74) is 4.40. The van der Waals surface area contributed by atoms with Crippen LogP contribution in [0.25, 0.3) is 0 Å². The van der Waals surface area contributed by atoms with Crippen molar-refractivity contribution in [2.24, 2.45) is 11.3 Å². The number of anilines is 1. The molecule has 1 saturated heterocycles. The number of aliphatic hydroxyl groups is 1. The molecule has 1 aliphatic heterocycles. The predicted octanol–water partition coefficient (Wildman–Crippen LogP) is 1.29. The molecule has 1 aliphatic rings. The number of aromatic nitrogens is 2. The van der Waals surface area contributed by atoms with Gasteiger partial charge in [-0.3, -0.25) is 13.6 Å². The molecule has 5 unspecified atom stereocenters. The van der Waals surface area contributed by atoms with Crippen LogP contribution in [0.15, 0.2) is 17.1 Å². The molecule has 0 spiro atoms. The van der Waals surface area contributed by atoms with Crippen LogP contribution in [0.3, 0.4) is 0 Å². The van der Waals surface area contributed by atoms with Crippen molar-refractivity contribution < 1.29 is 28.3 Å². The Labute approximate surface area is 157 Å². The van der Waals surface area contributed by atoms with Crippen LogP contribution in [0, 0.1) is 11.3 Å². The summed E-state index contributed by atoms with van der Waals surface area (Å²) in [5, 5.41) is 10.8. The van der Waals surface area contributed by atoms with Crippen molar-refractivity contribution in [3.63, 3.8) is 0 Å². The molecule has 154 valence electrons. The van der Waals surface area contributed by atoms with Gasteiger partial charge in [0.05, 0.1) is 18.8 Å². The summed E-state index contributed by atoms with van der Waals surface area (Å²) in [7, 11) is -4.27. The fourth-order valence-corrected chi connectivity index (χ4v) is 4.20. The fourth-order valence-electron chi connectivity index (χ4n) is 3.27. The van der Waals surface area contributed by atoms with Gasteiger partial charge in [0.15, 0.2) is 6.23 Å². The zero-order chi connectivity index (χ0) is 20.6. The SMILES string of the molecule is CC(C)OP(=O)(O)OCC1OC(n2ccc(N)nc2=O)C(O)C1C(C)(C)C. The van der Waals surface area contributed by atoms with Crippen LogP contribution in [-0.4, -0.2) is 44.5 Å². The Kier molecular flexibility index (Phi) is 6.51. The largest absolute Gasteiger partial charge is 0.472 e. The molecule has 0 aliphatic carbocycles. The topological polar surface area (TPSA) is 146 Å². The molecular formula is C16H28N3O7P. The average molecular weight is 405 g/mol. The molecule has 0 bridgehead atoms. The maximum absolute atomic E-state index is 12.1. The van der Waals surface area contributed by atoms with Crippen LogP contribution in [0.5, 0.6) is 0 Å². The summed E-state index contributed by atoms with van der Waals surface area (Å²) in [6.45, 7) is 8.62. The molecule has 27 heavy (non-hydrogen) atoms. The smallest absolute Gasteiger partial charge is 0.388 e. The standard InChI is InChI=1S/C16H28N3O7P/c1-9(2)26-27(22,23)24-8-10-12(16(3,4)5)13(20)14(25-10)19-7-6-11(17)18-15(19)21/h6-7,9-10,12-14,20H,8H2,1-5H3,(H,22,23)(H2,17,18,21). The van der Waals surface area contributed by atoms with E-state index < -0.39 is 49.4 Å². The van der Waals surface area contributed by atoms with Gasteiger partial charge in [-0.1, -0.05) is 20.8 Å². The predicted molar refractivity (Wildman–Crippen MR) is 97.8 cm³/mol. The number of nitrogens with zero attached hydrogens (tertiary/aromatic N) is 2. The number of phosphoric ester groups is 1. The summed E-state index contributed by atoms with van der Waals surface area (Å²) < 4.78 is 28.9. The van der Waals surface area contributed by atoms with E-state index in [-0.39, 0.29) is 12.4 Å². The number of nitrogen functional groups attached to an aromatic ring is 1. The number of rotatable bonds is 6. The highest BCUT2D eigenvalue weighted by Gasteiger charge is 2.50. The molecule has 0 amide bonds. The summed E-state index contributed by atoms with van der Waals surface area (Å²) in [6.07, 6.45) is -1.94. The Morgan fingerprint density at radius 2 is 2.07 bits per heavy atom. The second-order valence-electron chi connectivity index (χ2n) is 7.91. The molecule has 1 aromatic rings. The molecule has 0 saturated carbocycles. The normalized spacial score (nSPS) is 28.4. The number of hydrogen-bond acceptors (Lipinski definition) is 8. The van der Waals surface area contributed by atoms with Crippen LogP contribution >= 0.6 is 7.82 Å². The van der Waals surface area contributed by atoms with E-state index in [1.165, 1.54) is 12.3 Å². The third kappa shape index (κ3) is 5.37. The van der Waals surface area contributed by atoms with Crippen molar-refractivity contribution in [2.75, 3.05) is 12.3 Å². The third-order valence-electron chi connectivity index (χ3n) is 4.25. The summed E-state index contributed by atoms with van der Waals surface area (Å²) >= 11 is 0. The molecule has 0 radical (unpaired) electrons. The van der Waals surface area contributed by atoms with Crippen LogP contribution in [-0.2, 0) is 18.3 Å². The quantitative estimate of drug-likeness (QED) is 0.596. The Balaban J connectivity index is 2.25. The highest BCUT2D eigenvalue weighted by Crippen LogP contribution is 2.48. The van der Waals surface area contributed by atoms with Crippen molar-refractivity contribution in [1.82, 2.24) is 9.55 Å². The lowest BCUT2D eigenvalue weighted by molar-refractivity contribution is -0.0552. The van der Waals surface area contributed by atoms with Gasteiger partial charge in [0.1, 0.15) is 11.9 Å². The number of ether oxygens (including phenoxy) is 1. The van der Waals surface area contributed by atoms with E-state index >= 15 is 0 Å². The molecule has 5 atom stereocenters. The number of phosphoric acid groups is 1. The minimum atomic E-state index is -4.27. The highest BCUT2D eigenvalue weighted by atomic mass is 31.2. The Hall–Kier alpha value is -1.29. The zero-order valence-corrected chi connectivity index (χ0v) is 17.0. The maximum atomic E-state index is 12.1. The average Bonchev–Trinajstić information content (AvgIpc) is 2.81. The first-order valence-corrected chi connectivity index (χ1v) is 10.2. The molecule has 4 N–H and O–H groups in total. The van der Waals surface area contributed by atoms with E-state index in [9.17, 15) is 19.4 Å². The van der Waals surface area contributed by atoms with Crippen LogP contribution in [0.1, 0.15) is 40.8 Å². The molecule has 1 fully saturated rings. The minimum Gasteiger partial charge on any atom is -0.388 e. The molecule has 2 heterocycles. The Morgan fingerprint density at radius 3 is 2.59 bits per heavy atom. The van der Waals surface area contributed by atoms with Gasteiger partial charge in [-0.25, -0.2) is 9.36 Å². The maximum Gasteiger partial charge on any atom is 0.472 e. The molecule has 11 heteroatoms. The lowest BCUT2D eigenvalue weighted by Crippen LogP contribution is -2.39. The Morgan fingerprint density at radius 1 is 1.44 bits per heavy atom. The van der Waals surface area contributed by atoms with Gasteiger partial charge in [-0.2, -0.15) is 4.98 Å². The van der Waals surface area contributed by atoms with Gasteiger partial charge < -0.3 is 20.5 Å². The van der Waals surface area contributed by atoms with Crippen LogP contribution < -0.4 is 11.4 Å². The van der Waals surface area contributed by atoms with E-state index in [0.29, 0.717) is 0 Å². The minimum absolute atomic E-state index is 0.0584. The van der Waals surface area contributed by atoms with Gasteiger partial charge in [0, 0.05) is 12.1 Å². The lowest BCUT2D eigenvalue weighted by atomic mass is 9.75. The van der Waals surface area contributed by atoms with Gasteiger partial charge in [-0.15, -0.1) is 0 Å². The number of hydrogen-bond donors (Lipinski definition) is 3. The van der Waals surface area contributed by atoms with Crippen molar-refractivity contribution in [2.45, 2.75) is 59.2 Å². The van der Waals surface area contributed by atoms with Crippen LogP contribution in [0.2, 0.25) is 0 Å². The summed E-state index contributed by atoms with van der Waals surface area (Å²) in [4.78, 5) is 25.5. The first kappa shape index (κ1) is 22.0. The van der Waals surface area contributed by atoms with Gasteiger partial charge in [0.25, 0.3) is 0 Å². The van der Waals surface area contributed by atoms with Crippen LogP contribution in [0.4, 0.5) is 5.82 Å². The van der Waals surface area contributed by atoms with E-state index in [2.05, 4.69) is 4.98 Å². The molecule has 1 aromatic heterocycles. The van der Waals surface area contributed by atoms with Crippen molar-refractivity contribution in [1.29, 1.82) is 0 Å². The lowest BCUT2D eigenvalue weighted by Gasteiger charge is -2.33.